The molecule has 3 rings (SSSR count). The van der Waals surface area contributed by atoms with Gasteiger partial charge in [-0.1, -0.05) is 24.4 Å². The second-order valence-corrected chi connectivity index (χ2v) is 6.40. The van der Waals surface area contributed by atoms with Crippen LogP contribution in [0.3, 0.4) is 0 Å². The number of anilines is 1. The van der Waals surface area contributed by atoms with E-state index in [-0.39, 0.29) is 17.6 Å². The monoisotopic (exact) mass is 296 g/mol. The maximum atomic E-state index is 12.4. The number of nitrogens with two attached hydrogens (primary N) is 1. The van der Waals surface area contributed by atoms with Crippen molar-refractivity contribution in [2.24, 2.45) is 11.7 Å². The van der Waals surface area contributed by atoms with Gasteiger partial charge in [0.15, 0.2) is 0 Å². The van der Waals surface area contributed by atoms with Gasteiger partial charge in [0.1, 0.15) is 5.69 Å². The van der Waals surface area contributed by atoms with E-state index in [0.717, 1.165) is 25.7 Å². The molecule has 0 aromatic carbocycles. The van der Waals surface area contributed by atoms with Gasteiger partial charge in [-0.05, 0) is 31.6 Å². The maximum Gasteiger partial charge on any atom is 0.291 e. The smallest absolute Gasteiger partial charge is 0.291 e. The molecule has 2 aliphatic carbocycles. The summed E-state index contributed by atoms with van der Waals surface area (Å²) in [5.41, 5.74) is 6.47. The van der Waals surface area contributed by atoms with E-state index >= 15 is 0 Å². The van der Waals surface area contributed by atoms with Gasteiger partial charge in [-0.2, -0.15) is 5.10 Å². The van der Waals surface area contributed by atoms with Gasteiger partial charge < -0.3 is 11.1 Å². The topological polar surface area (TPSA) is 72.9 Å². The lowest BCUT2D eigenvalue weighted by Crippen LogP contribution is -2.44. The van der Waals surface area contributed by atoms with Crippen LogP contribution in [0.2, 0.25) is 5.02 Å². The molecule has 2 aliphatic rings. The van der Waals surface area contributed by atoms with E-state index in [1.807, 2.05) is 0 Å². The van der Waals surface area contributed by atoms with Gasteiger partial charge in [0, 0.05) is 18.6 Å². The minimum atomic E-state index is -0.123. The Labute approximate surface area is 123 Å². The molecule has 0 amide bonds. The van der Waals surface area contributed by atoms with Crippen molar-refractivity contribution in [3.05, 3.63) is 21.6 Å². The van der Waals surface area contributed by atoms with Gasteiger partial charge in [-0.15, -0.1) is 0 Å². The van der Waals surface area contributed by atoms with E-state index in [0.29, 0.717) is 23.2 Å². The van der Waals surface area contributed by atoms with Crippen molar-refractivity contribution in [3.8, 4) is 0 Å². The Balaban J connectivity index is 1.81. The molecular formula is C14H21ClN4O. The average molecular weight is 297 g/mol. The molecule has 2 atom stereocenters. The number of nitrogens with zero attached hydrogens (tertiary/aromatic N) is 2. The van der Waals surface area contributed by atoms with Crippen molar-refractivity contribution in [3.63, 3.8) is 0 Å². The largest absolute Gasteiger partial charge is 0.375 e. The fraction of sp³-hybridized carbons (Fsp3) is 0.714. The van der Waals surface area contributed by atoms with Gasteiger partial charge >= 0.3 is 0 Å². The second kappa shape index (κ2) is 5.74. The summed E-state index contributed by atoms with van der Waals surface area (Å²) in [7, 11) is 0. The quantitative estimate of drug-likeness (QED) is 0.891. The fourth-order valence-electron chi connectivity index (χ4n) is 2.80. The minimum Gasteiger partial charge on any atom is -0.375 e. The van der Waals surface area contributed by atoms with E-state index in [1.54, 1.807) is 6.20 Å². The lowest BCUT2D eigenvalue weighted by molar-refractivity contribution is 0.403. The molecule has 110 valence electrons. The predicted octanol–water partition coefficient (Wildman–Crippen LogP) is 1.99. The number of rotatable bonds is 4. The fourth-order valence-corrected chi connectivity index (χ4v) is 2.98. The third-order valence-electron chi connectivity index (χ3n) is 4.27. The molecule has 5 nitrogen and oxygen atoms in total. The molecule has 0 saturated heterocycles. The first-order chi connectivity index (χ1) is 9.65. The average Bonchev–Trinajstić information content (AvgIpc) is 3.24. The molecule has 1 aromatic rings. The highest BCUT2D eigenvalue weighted by Crippen LogP contribution is 2.30. The summed E-state index contributed by atoms with van der Waals surface area (Å²) in [4.78, 5) is 12.4. The lowest BCUT2D eigenvalue weighted by Gasteiger charge is -2.30. The lowest BCUT2D eigenvalue weighted by atomic mass is 9.91. The van der Waals surface area contributed by atoms with Gasteiger partial charge in [0.25, 0.3) is 5.56 Å². The van der Waals surface area contributed by atoms with Crippen LogP contribution < -0.4 is 16.6 Å². The van der Waals surface area contributed by atoms with Crippen LogP contribution in [0, 0.1) is 5.92 Å². The van der Waals surface area contributed by atoms with Crippen LogP contribution in [-0.4, -0.2) is 21.9 Å². The van der Waals surface area contributed by atoms with E-state index in [2.05, 4.69) is 10.4 Å². The Morgan fingerprint density at radius 1 is 1.35 bits per heavy atom. The summed E-state index contributed by atoms with van der Waals surface area (Å²) in [6.07, 6.45) is 8.22. The first-order valence-electron chi connectivity index (χ1n) is 7.43. The third-order valence-corrected chi connectivity index (χ3v) is 4.56. The summed E-state index contributed by atoms with van der Waals surface area (Å²) >= 11 is 6.14. The summed E-state index contributed by atoms with van der Waals surface area (Å²) < 4.78 is 1.53. The molecule has 0 bridgehead atoms. The number of nitrogens with one attached hydrogen (secondary N) is 1. The number of aromatic nitrogens is 2. The minimum absolute atomic E-state index is 0.0873. The number of hydrogen-bond acceptors (Lipinski definition) is 4. The van der Waals surface area contributed by atoms with Crippen molar-refractivity contribution < 1.29 is 0 Å². The summed E-state index contributed by atoms with van der Waals surface area (Å²) in [6, 6.07) is 0.218. The molecule has 3 N–H and O–H groups in total. The number of halogens is 1. The molecule has 2 saturated carbocycles. The summed E-state index contributed by atoms with van der Waals surface area (Å²) in [5.74, 6) is 0.603. The molecule has 6 heteroatoms. The van der Waals surface area contributed by atoms with Crippen LogP contribution in [0.1, 0.15) is 38.5 Å². The molecule has 0 spiro atoms. The van der Waals surface area contributed by atoms with Gasteiger partial charge in [0.05, 0.1) is 11.2 Å². The zero-order chi connectivity index (χ0) is 14.1. The molecule has 20 heavy (non-hydrogen) atoms. The van der Waals surface area contributed by atoms with Crippen molar-refractivity contribution in [2.45, 2.75) is 57.2 Å². The first kappa shape index (κ1) is 13.9. The van der Waals surface area contributed by atoms with E-state index < -0.39 is 0 Å². The molecule has 0 aliphatic heterocycles. The zero-order valence-electron chi connectivity index (χ0n) is 11.5. The Hall–Kier alpha value is -1.07. The van der Waals surface area contributed by atoms with Crippen molar-refractivity contribution in [1.82, 2.24) is 9.78 Å². The van der Waals surface area contributed by atoms with Crippen LogP contribution in [0.5, 0.6) is 0 Å². The van der Waals surface area contributed by atoms with Crippen molar-refractivity contribution in [1.29, 1.82) is 0 Å². The molecular weight excluding hydrogens is 276 g/mol. The van der Waals surface area contributed by atoms with E-state index in [1.165, 1.54) is 17.5 Å². The van der Waals surface area contributed by atoms with E-state index in [9.17, 15) is 4.79 Å². The van der Waals surface area contributed by atoms with Crippen LogP contribution >= 0.6 is 11.6 Å². The second-order valence-electron chi connectivity index (χ2n) is 6.00. The van der Waals surface area contributed by atoms with Gasteiger partial charge in [0.2, 0.25) is 0 Å². The van der Waals surface area contributed by atoms with E-state index in [4.69, 9.17) is 17.3 Å². The zero-order valence-corrected chi connectivity index (χ0v) is 12.3. The Morgan fingerprint density at radius 3 is 2.80 bits per heavy atom. The van der Waals surface area contributed by atoms with Crippen LogP contribution in [0.15, 0.2) is 11.0 Å². The van der Waals surface area contributed by atoms with Crippen molar-refractivity contribution >= 4 is 17.3 Å². The van der Waals surface area contributed by atoms with Gasteiger partial charge in [-0.25, -0.2) is 4.68 Å². The summed E-state index contributed by atoms with van der Waals surface area (Å²) in [5, 5.41) is 7.79. The van der Waals surface area contributed by atoms with Crippen molar-refractivity contribution in [2.75, 3.05) is 5.32 Å². The Morgan fingerprint density at radius 2 is 2.10 bits per heavy atom. The molecule has 1 aromatic heterocycles. The number of hydrogen-bond donors (Lipinski definition) is 2. The molecule has 0 radical (unpaired) electrons. The first-order valence-corrected chi connectivity index (χ1v) is 7.80. The Bertz CT molecular complexity index is 540. The standard InChI is InChI=1S/C14H21ClN4O/c15-10-7-17-19(8-9-5-6-9)14(20)13(10)18-12-4-2-1-3-11(12)16/h7,9,11-12,18H,1-6,8,16H2. The normalized spacial score (nSPS) is 26.5. The van der Waals surface area contributed by atoms with Gasteiger partial charge in [-0.3, -0.25) is 4.79 Å². The highest BCUT2D eigenvalue weighted by molar-refractivity contribution is 6.33. The van der Waals surface area contributed by atoms with Crippen LogP contribution in [0.4, 0.5) is 5.69 Å². The molecule has 1 heterocycles. The summed E-state index contributed by atoms with van der Waals surface area (Å²) in [6.45, 7) is 0.696. The highest BCUT2D eigenvalue weighted by atomic mass is 35.5. The van der Waals surface area contributed by atoms with Crippen LogP contribution in [-0.2, 0) is 6.54 Å². The SMILES string of the molecule is NC1CCCCC1Nc1c(Cl)cnn(CC2CC2)c1=O. The molecule has 2 unspecified atom stereocenters. The predicted molar refractivity (Wildman–Crippen MR) is 80.1 cm³/mol. The maximum absolute atomic E-state index is 12.4. The Kier molecular flexibility index (Phi) is 3.98. The molecule has 2 fully saturated rings. The third kappa shape index (κ3) is 2.99. The highest BCUT2D eigenvalue weighted by Gasteiger charge is 2.26. The van der Waals surface area contributed by atoms with Crippen LogP contribution in [0.25, 0.3) is 0 Å².